The van der Waals surface area contributed by atoms with Crippen LogP contribution in [0.5, 0.6) is 5.75 Å². The molecule has 0 aromatic heterocycles. The first kappa shape index (κ1) is 16.5. The van der Waals surface area contributed by atoms with E-state index in [9.17, 15) is 9.18 Å². The second kappa shape index (κ2) is 7.47. The molecule has 1 heterocycles. The molecule has 1 aliphatic rings. The SMILES string of the molecule is O=C(/C=C/c1ccc(F)cc1)OCc1cc(Cl)cc2c1OCOC2. The molecule has 0 atom stereocenters. The molecule has 24 heavy (non-hydrogen) atoms. The molecule has 0 fully saturated rings. The summed E-state index contributed by atoms with van der Waals surface area (Å²) in [6.07, 6.45) is 2.84. The lowest BCUT2D eigenvalue weighted by atomic mass is 10.1. The normalized spacial score (nSPS) is 13.4. The van der Waals surface area contributed by atoms with Gasteiger partial charge in [-0.25, -0.2) is 9.18 Å². The molecule has 0 amide bonds. The molecule has 0 saturated carbocycles. The first-order chi connectivity index (χ1) is 11.6. The molecule has 6 heteroatoms. The molecular weight excluding hydrogens is 335 g/mol. The molecule has 0 unspecified atom stereocenters. The number of hydrogen-bond donors (Lipinski definition) is 0. The fourth-order valence-electron chi connectivity index (χ4n) is 2.30. The molecule has 2 aromatic rings. The van der Waals surface area contributed by atoms with Crippen LogP contribution in [0.3, 0.4) is 0 Å². The summed E-state index contributed by atoms with van der Waals surface area (Å²) in [5, 5.41) is 0.524. The van der Waals surface area contributed by atoms with E-state index in [4.69, 9.17) is 25.8 Å². The fourth-order valence-corrected chi connectivity index (χ4v) is 2.56. The number of fused-ring (bicyclic) bond motifs is 1. The maximum Gasteiger partial charge on any atom is 0.331 e. The van der Waals surface area contributed by atoms with E-state index in [1.165, 1.54) is 18.2 Å². The minimum absolute atomic E-state index is 0.0372. The van der Waals surface area contributed by atoms with Gasteiger partial charge in [0.15, 0.2) is 6.79 Å². The molecule has 3 rings (SSSR count). The van der Waals surface area contributed by atoms with Crippen molar-refractivity contribution in [1.29, 1.82) is 0 Å². The van der Waals surface area contributed by atoms with E-state index >= 15 is 0 Å². The lowest BCUT2D eigenvalue weighted by Gasteiger charge is -2.20. The first-order valence-electron chi connectivity index (χ1n) is 7.24. The summed E-state index contributed by atoms with van der Waals surface area (Å²) in [5.74, 6) is -0.203. The van der Waals surface area contributed by atoms with Gasteiger partial charge < -0.3 is 14.2 Å². The Hall–Kier alpha value is -2.37. The van der Waals surface area contributed by atoms with Crippen LogP contribution in [0, 0.1) is 5.82 Å². The number of esters is 1. The Labute approximate surface area is 143 Å². The van der Waals surface area contributed by atoms with Crippen molar-refractivity contribution in [2.75, 3.05) is 6.79 Å². The molecule has 0 bridgehead atoms. The first-order valence-corrected chi connectivity index (χ1v) is 7.62. The number of ether oxygens (including phenoxy) is 3. The van der Waals surface area contributed by atoms with Crippen molar-refractivity contribution in [3.05, 3.63) is 70.0 Å². The third kappa shape index (κ3) is 4.13. The Morgan fingerprint density at radius 1 is 1.29 bits per heavy atom. The molecule has 0 radical (unpaired) electrons. The van der Waals surface area contributed by atoms with Gasteiger partial charge in [0, 0.05) is 22.2 Å². The standard InChI is InChI=1S/C18H14ClFO4/c19-15-7-13-9-22-11-24-18(13)14(8-15)10-23-17(21)6-3-12-1-4-16(20)5-2-12/h1-8H,9-11H2/b6-3+. The Kier molecular flexibility index (Phi) is 5.13. The van der Waals surface area contributed by atoms with Crippen molar-refractivity contribution in [3.8, 4) is 5.75 Å². The summed E-state index contributed by atoms with van der Waals surface area (Å²) < 4.78 is 28.7. The molecule has 4 nitrogen and oxygen atoms in total. The number of hydrogen-bond acceptors (Lipinski definition) is 4. The number of benzene rings is 2. The molecular formula is C18H14ClFO4. The summed E-state index contributed by atoms with van der Waals surface area (Å²) in [7, 11) is 0. The zero-order valence-electron chi connectivity index (χ0n) is 12.6. The maximum atomic E-state index is 12.8. The second-order valence-electron chi connectivity index (χ2n) is 5.16. The lowest BCUT2D eigenvalue weighted by molar-refractivity contribution is -0.139. The lowest BCUT2D eigenvalue weighted by Crippen LogP contribution is -2.14. The highest BCUT2D eigenvalue weighted by molar-refractivity contribution is 6.30. The Bertz CT molecular complexity index is 771. The Morgan fingerprint density at radius 2 is 2.08 bits per heavy atom. The third-order valence-corrected chi connectivity index (χ3v) is 3.62. The number of carbonyl (C=O) groups is 1. The average Bonchev–Trinajstić information content (AvgIpc) is 2.59. The summed E-state index contributed by atoms with van der Waals surface area (Å²) in [5.41, 5.74) is 2.21. The van der Waals surface area contributed by atoms with Crippen LogP contribution in [-0.4, -0.2) is 12.8 Å². The van der Waals surface area contributed by atoms with Crippen LogP contribution in [0.4, 0.5) is 4.39 Å². The molecule has 0 aliphatic carbocycles. The monoisotopic (exact) mass is 348 g/mol. The zero-order valence-corrected chi connectivity index (χ0v) is 13.4. The van der Waals surface area contributed by atoms with Crippen LogP contribution in [0.2, 0.25) is 5.02 Å². The summed E-state index contributed by atoms with van der Waals surface area (Å²) in [6, 6.07) is 9.24. The largest absolute Gasteiger partial charge is 0.467 e. The average molecular weight is 349 g/mol. The van der Waals surface area contributed by atoms with Gasteiger partial charge in [-0.1, -0.05) is 23.7 Å². The molecule has 0 saturated heterocycles. The van der Waals surface area contributed by atoms with Gasteiger partial charge in [-0.05, 0) is 35.9 Å². The van der Waals surface area contributed by atoms with Gasteiger partial charge >= 0.3 is 5.97 Å². The van der Waals surface area contributed by atoms with E-state index in [2.05, 4.69) is 0 Å². The van der Waals surface area contributed by atoms with Gasteiger partial charge in [-0.3, -0.25) is 0 Å². The van der Waals surface area contributed by atoms with Crippen LogP contribution in [0.25, 0.3) is 6.08 Å². The van der Waals surface area contributed by atoms with Gasteiger partial charge in [-0.2, -0.15) is 0 Å². The van der Waals surface area contributed by atoms with Crippen LogP contribution >= 0.6 is 11.6 Å². The summed E-state index contributed by atoms with van der Waals surface area (Å²) in [6.45, 7) is 0.594. The number of halogens is 2. The highest BCUT2D eigenvalue weighted by atomic mass is 35.5. The zero-order chi connectivity index (χ0) is 16.9. The van der Waals surface area contributed by atoms with Crippen molar-refractivity contribution in [3.63, 3.8) is 0 Å². The quantitative estimate of drug-likeness (QED) is 0.616. The molecule has 0 N–H and O–H groups in total. The molecule has 2 aromatic carbocycles. The van der Waals surface area contributed by atoms with E-state index in [1.807, 2.05) is 0 Å². The van der Waals surface area contributed by atoms with Gasteiger partial charge in [0.2, 0.25) is 0 Å². The Balaban J connectivity index is 1.64. The van der Waals surface area contributed by atoms with Crippen molar-refractivity contribution >= 4 is 23.6 Å². The van der Waals surface area contributed by atoms with Crippen molar-refractivity contribution < 1.29 is 23.4 Å². The molecule has 0 spiro atoms. The predicted octanol–water partition coefficient (Wildman–Crippen LogP) is 4.10. The second-order valence-corrected chi connectivity index (χ2v) is 5.59. The maximum absolute atomic E-state index is 12.8. The minimum Gasteiger partial charge on any atom is -0.467 e. The van der Waals surface area contributed by atoms with Gasteiger partial charge in [0.25, 0.3) is 0 Å². The minimum atomic E-state index is -0.514. The van der Waals surface area contributed by atoms with Crippen molar-refractivity contribution in [1.82, 2.24) is 0 Å². The highest BCUT2D eigenvalue weighted by Gasteiger charge is 2.17. The molecule has 1 aliphatic heterocycles. The summed E-state index contributed by atoms with van der Waals surface area (Å²) in [4.78, 5) is 11.8. The van der Waals surface area contributed by atoms with E-state index in [0.717, 1.165) is 5.56 Å². The Morgan fingerprint density at radius 3 is 2.88 bits per heavy atom. The van der Waals surface area contributed by atoms with E-state index in [-0.39, 0.29) is 19.2 Å². The smallest absolute Gasteiger partial charge is 0.331 e. The topological polar surface area (TPSA) is 44.8 Å². The van der Waals surface area contributed by atoms with E-state index in [1.54, 1.807) is 30.3 Å². The third-order valence-electron chi connectivity index (χ3n) is 3.40. The number of rotatable bonds is 4. The number of carbonyl (C=O) groups excluding carboxylic acids is 1. The summed E-state index contributed by atoms with van der Waals surface area (Å²) >= 11 is 6.05. The highest BCUT2D eigenvalue weighted by Crippen LogP contribution is 2.32. The van der Waals surface area contributed by atoms with Gasteiger partial charge in [0.05, 0.1) is 6.61 Å². The van der Waals surface area contributed by atoms with Gasteiger partial charge in [-0.15, -0.1) is 0 Å². The van der Waals surface area contributed by atoms with Crippen LogP contribution in [-0.2, 0) is 27.5 Å². The van der Waals surface area contributed by atoms with Crippen molar-refractivity contribution in [2.45, 2.75) is 13.2 Å². The van der Waals surface area contributed by atoms with Crippen molar-refractivity contribution in [2.24, 2.45) is 0 Å². The van der Waals surface area contributed by atoms with E-state index < -0.39 is 5.97 Å². The fraction of sp³-hybridized carbons (Fsp3) is 0.167. The van der Waals surface area contributed by atoms with Gasteiger partial charge in [0.1, 0.15) is 18.2 Å². The predicted molar refractivity (Wildman–Crippen MR) is 87.0 cm³/mol. The molecule has 124 valence electrons. The van der Waals surface area contributed by atoms with Crippen LogP contribution in [0.15, 0.2) is 42.5 Å². The van der Waals surface area contributed by atoms with Crippen LogP contribution in [0.1, 0.15) is 16.7 Å². The van der Waals surface area contributed by atoms with Crippen LogP contribution < -0.4 is 4.74 Å². The van der Waals surface area contributed by atoms with E-state index in [0.29, 0.717) is 28.5 Å².